The monoisotopic (exact) mass is 403 g/mol. The predicted molar refractivity (Wildman–Crippen MR) is 106 cm³/mol. The van der Waals surface area contributed by atoms with Crippen molar-refractivity contribution in [2.24, 2.45) is 7.05 Å². The topological polar surface area (TPSA) is 69.4 Å². The molecule has 148 valence electrons. The molecule has 0 spiro atoms. The van der Waals surface area contributed by atoms with Gasteiger partial charge >= 0.3 is 0 Å². The van der Waals surface area contributed by atoms with Crippen molar-refractivity contribution in [3.8, 4) is 17.1 Å². The number of methoxy groups -OCH3 is 1. The van der Waals surface area contributed by atoms with Crippen LogP contribution in [0.3, 0.4) is 0 Å². The summed E-state index contributed by atoms with van der Waals surface area (Å²) in [7, 11) is 3.50. The molecular weight excluding hydrogens is 381 g/mol. The molecule has 0 bridgehead atoms. The van der Waals surface area contributed by atoms with Gasteiger partial charge in [-0.05, 0) is 30.3 Å². The zero-order chi connectivity index (χ0) is 19.9. The molecule has 1 atom stereocenters. The van der Waals surface area contributed by atoms with Crippen molar-refractivity contribution in [1.29, 1.82) is 0 Å². The molecule has 1 heterocycles. The van der Waals surface area contributed by atoms with Crippen LogP contribution in [0.2, 0.25) is 0 Å². The van der Waals surface area contributed by atoms with Crippen LogP contribution in [-0.4, -0.2) is 45.4 Å². The van der Waals surface area contributed by atoms with Crippen LogP contribution in [0.1, 0.15) is 5.56 Å². The summed E-state index contributed by atoms with van der Waals surface area (Å²) in [4.78, 5) is 0. The molecular formula is C20H22FN3O3S. The third-order valence-electron chi connectivity index (χ3n) is 4.11. The molecule has 0 aliphatic heterocycles. The SMILES string of the molecule is COc1ccc(-c2nnc(SC[C@@H](O)COCc3ccccc3F)n2C)cc1. The van der Waals surface area contributed by atoms with Crippen molar-refractivity contribution in [3.63, 3.8) is 0 Å². The highest BCUT2D eigenvalue weighted by Crippen LogP contribution is 2.24. The number of hydrogen-bond acceptors (Lipinski definition) is 6. The average Bonchev–Trinajstić information content (AvgIpc) is 3.08. The van der Waals surface area contributed by atoms with Gasteiger partial charge in [-0.1, -0.05) is 30.0 Å². The molecule has 0 unspecified atom stereocenters. The van der Waals surface area contributed by atoms with Crippen LogP contribution in [0.4, 0.5) is 4.39 Å². The summed E-state index contributed by atoms with van der Waals surface area (Å²) < 4.78 is 26.0. The van der Waals surface area contributed by atoms with Crippen LogP contribution in [0.5, 0.6) is 5.75 Å². The van der Waals surface area contributed by atoms with Crippen molar-refractivity contribution in [1.82, 2.24) is 14.8 Å². The summed E-state index contributed by atoms with van der Waals surface area (Å²) in [6.45, 7) is 0.241. The van der Waals surface area contributed by atoms with Gasteiger partial charge in [-0.3, -0.25) is 0 Å². The highest BCUT2D eigenvalue weighted by atomic mass is 32.2. The van der Waals surface area contributed by atoms with Crippen molar-refractivity contribution in [2.45, 2.75) is 17.9 Å². The molecule has 3 aromatic rings. The predicted octanol–water partition coefficient (Wildman–Crippen LogP) is 3.30. The van der Waals surface area contributed by atoms with E-state index < -0.39 is 6.10 Å². The lowest BCUT2D eigenvalue weighted by atomic mass is 10.2. The third-order valence-corrected chi connectivity index (χ3v) is 5.28. The molecule has 0 radical (unpaired) electrons. The number of aromatic nitrogens is 3. The van der Waals surface area contributed by atoms with Gasteiger partial charge in [0.1, 0.15) is 11.6 Å². The van der Waals surface area contributed by atoms with E-state index in [9.17, 15) is 9.50 Å². The first kappa shape index (κ1) is 20.3. The van der Waals surface area contributed by atoms with E-state index in [0.717, 1.165) is 17.1 Å². The first-order valence-electron chi connectivity index (χ1n) is 8.74. The van der Waals surface area contributed by atoms with Gasteiger partial charge in [-0.15, -0.1) is 10.2 Å². The third kappa shape index (κ3) is 5.09. The number of benzene rings is 2. The number of aliphatic hydroxyl groups is 1. The summed E-state index contributed by atoms with van der Waals surface area (Å²) in [5.74, 6) is 1.59. The summed E-state index contributed by atoms with van der Waals surface area (Å²) in [5, 5.41) is 19.2. The Hall–Kier alpha value is -2.42. The molecule has 28 heavy (non-hydrogen) atoms. The highest BCUT2D eigenvalue weighted by molar-refractivity contribution is 7.99. The van der Waals surface area contributed by atoms with E-state index in [4.69, 9.17) is 9.47 Å². The summed E-state index contributed by atoms with van der Waals surface area (Å²) >= 11 is 1.39. The van der Waals surface area contributed by atoms with E-state index in [1.54, 1.807) is 25.3 Å². The maximum absolute atomic E-state index is 13.5. The quantitative estimate of drug-likeness (QED) is 0.553. The minimum Gasteiger partial charge on any atom is -0.497 e. The zero-order valence-electron chi connectivity index (χ0n) is 15.7. The molecule has 2 aromatic carbocycles. The second-order valence-electron chi connectivity index (χ2n) is 6.17. The Morgan fingerprint density at radius 2 is 1.89 bits per heavy atom. The fourth-order valence-corrected chi connectivity index (χ4v) is 3.39. The van der Waals surface area contributed by atoms with Gasteiger partial charge in [0.15, 0.2) is 11.0 Å². The van der Waals surface area contributed by atoms with Crippen molar-refractivity contribution in [3.05, 3.63) is 59.9 Å². The minimum atomic E-state index is -0.696. The number of halogens is 1. The van der Waals surface area contributed by atoms with Crippen LogP contribution in [0.25, 0.3) is 11.4 Å². The van der Waals surface area contributed by atoms with Crippen LogP contribution < -0.4 is 4.74 Å². The van der Waals surface area contributed by atoms with Gasteiger partial charge in [0.05, 0.1) is 26.4 Å². The van der Waals surface area contributed by atoms with Crippen LogP contribution in [-0.2, 0) is 18.4 Å². The Labute approximate surface area is 167 Å². The smallest absolute Gasteiger partial charge is 0.191 e. The van der Waals surface area contributed by atoms with Crippen molar-refractivity contribution < 1.29 is 19.0 Å². The number of rotatable bonds is 9. The number of ether oxygens (including phenoxy) is 2. The lowest BCUT2D eigenvalue weighted by Crippen LogP contribution is -2.18. The van der Waals surface area contributed by atoms with Crippen molar-refractivity contribution >= 4 is 11.8 Å². The maximum atomic E-state index is 13.5. The average molecular weight is 403 g/mol. The number of aliphatic hydroxyl groups excluding tert-OH is 1. The molecule has 0 aliphatic rings. The highest BCUT2D eigenvalue weighted by Gasteiger charge is 2.14. The standard InChI is InChI=1S/C20H22FN3O3S/c1-24-19(14-7-9-17(26-2)10-8-14)22-23-20(24)28-13-16(25)12-27-11-15-5-3-4-6-18(15)21/h3-10,16,25H,11-13H2,1-2H3/t16-/m0/s1. The lowest BCUT2D eigenvalue weighted by Gasteiger charge is -2.11. The second kappa shape index (κ2) is 9.68. The zero-order valence-corrected chi connectivity index (χ0v) is 16.5. The lowest BCUT2D eigenvalue weighted by molar-refractivity contribution is 0.0386. The largest absolute Gasteiger partial charge is 0.497 e. The summed E-state index contributed by atoms with van der Waals surface area (Å²) in [5.41, 5.74) is 1.40. The minimum absolute atomic E-state index is 0.116. The van der Waals surface area contributed by atoms with E-state index >= 15 is 0 Å². The Bertz CT molecular complexity index is 902. The molecule has 6 nitrogen and oxygen atoms in total. The van der Waals surface area contributed by atoms with Crippen LogP contribution in [0.15, 0.2) is 53.7 Å². The molecule has 0 amide bonds. The number of hydrogen-bond donors (Lipinski definition) is 1. The van der Waals surface area contributed by atoms with Crippen LogP contribution >= 0.6 is 11.8 Å². The first-order valence-corrected chi connectivity index (χ1v) is 9.73. The molecule has 0 aliphatic carbocycles. The molecule has 8 heteroatoms. The van der Waals surface area contributed by atoms with E-state index in [2.05, 4.69) is 10.2 Å². The van der Waals surface area contributed by atoms with Gasteiger partial charge in [-0.25, -0.2) is 4.39 Å². The van der Waals surface area contributed by atoms with Crippen molar-refractivity contribution in [2.75, 3.05) is 19.5 Å². The van der Waals surface area contributed by atoms with Gasteiger partial charge < -0.3 is 19.1 Å². The Morgan fingerprint density at radius 1 is 1.14 bits per heavy atom. The number of thioether (sulfide) groups is 1. The van der Waals surface area contributed by atoms with Gasteiger partial charge in [0, 0.05) is 23.9 Å². The Kier molecular flexibility index (Phi) is 7.02. The number of nitrogens with zero attached hydrogens (tertiary/aromatic N) is 3. The molecule has 0 fully saturated rings. The summed E-state index contributed by atoms with van der Waals surface area (Å²) in [6, 6.07) is 14.0. The fourth-order valence-electron chi connectivity index (χ4n) is 2.57. The first-order chi connectivity index (χ1) is 13.6. The molecule has 3 rings (SSSR count). The molecule has 1 N–H and O–H groups in total. The Morgan fingerprint density at radius 3 is 2.61 bits per heavy atom. The van der Waals surface area contributed by atoms with E-state index in [1.807, 2.05) is 35.9 Å². The van der Waals surface area contributed by atoms with Gasteiger partial charge in [-0.2, -0.15) is 0 Å². The molecule has 0 saturated heterocycles. The van der Waals surface area contributed by atoms with E-state index in [1.165, 1.54) is 17.8 Å². The fraction of sp³-hybridized carbons (Fsp3) is 0.300. The van der Waals surface area contributed by atoms with Gasteiger partial charge in [0.2, 0.25) is 0 Å². The van der Waals surface area contributed by atoms with E-state index in [0.29, 0.717) is 16.5 Å². The van der Waals surface area contributed by atoms with E-state index in [-0.39, 0.29) is 19.0 Å². The normalized spacial score (nSPS) is 12.1. The van der Waals surface area contributed by atoms with Crippen LogP contribution in [0, 0.1) is 5.82 Å². The maximum Gasteiger partial charge on any atom is 0.191 e. The summed E-state index contributed by atoms with van der Waals surface area (Å²) in [6.07, 6.45) is -0.696. The second-order valence-corrected chi connectivity index (χ2v) is 7.15. The molecule has 0 saturated carbocycles. The molecule has 1 aromatic heterocycles. The van der Waals surface area contributed by atoms with Gasteiger partial charge in [0.25, 0.3) is 0 Å². The Balaban J connectivity index is 1.50.